The number of halogens is 2. The Labute approximate surface area is 362 Å². The van der Waals surface area contributed by atoms with Crippen molar-refractivity contribution in [3.63, 3.8) is 0 Å². The molecule has 0 heterocycles. The minimum atomic E-state index is -5.40. The average molecular weight is 887 g/mol. The SMILES string of the molecule is Cl.Cl.[CH2]=[Zr]([C]1=CC=CC1)([c]1c2c(cc(C(C)(C)C)c1C(C)(C)C)-c1cc(C(C)(C)C)c(C(C)(C)C)cc1C2)([c]1cccc2ccccc12)[c]1cccc2ccccc12. The van der Waals surface area contributed by atoms with Gasteiger partial charge in [0.1, 0.15) is 0 Å². The van der Waals surface area contributed by atoms with Gasteiger partial charge >= 0.3 is 341 Å². The van der Waals surface area contributed by atoms with E-state index in [1.165, 1.54) is 75.9 Å². The molecule has 0 bridgehead atoms. The van der Waals surface area contributed by atoms with Crippen molar-refractivity contribution in [1.29, 1.82) is 0 Å². The summed E-state index contributed by atoms with van der Waals surface area (Å²) in [7, 11) is 0. The van der Waals surface area contributed by atoms with E-state index < -0.39 is 18.3 Å². The standard InChI is InChI=1S/C29H41.2C10H7.C5H5.CH2.2ClH.Zr/c1-26(2,3)22-14-18-13-19-15-23(27(4,5)6)25(29(10,11)12)17-21(19)20(18)16-24(22)28(7,8)9;2*1-2-6-10-8-4-3-7-9(10)5-1;1-2-4-5-3-1;;;;/h14,16-17H,13H2,1-12H3;2*1-7H;1-3H,4H2;1H2;2*1H;. The third kappa shape index (κ3) is 6.62. The first-order chi connectivity index (χ1) is 26.1. The Morgan fingerprint density at radius 2 is 0.983 bits per heavy atom. The van der Waals surface area contributed by atoms with E-state index in [0.29, 0.717) is 0 Å². The number of fused-ring (bicyclic) bond motifs is 5. The van der Waals surface area contributed by atoms with Gasteiger partial charge in [0.15, 0.2) is 0 Å². The first kappa shape index (κ1) is 44.2. The fourth-order valence-electron chi connectivity index (χ4n) is 10.8. The Kier molecular flexibility index (Phi) is 11.2. The molecule has 0 fully saturated rings. The van der Waals surface area contributed by atoms with Crippen molar-refractivity contribution >= 4 is 60.4 Å². The van der Waals surface area contributed by atoms with Crippen LogP contribution < -0.4 is 9.81 Å². The van der Waals surface area contributed by atoms with E-state index in [2.05, 4.69) is 204 Å². The number of benzene rings is 6. The van der Waals surface area contributed by atoms with Crippen molar-refractivity contribution in [1.82, 2.24) is 0 Å². The van der Waals surface area contributed by atoms with Gasteiger partial charge in [0.25, 0.3) is 0 Å². The predicted octanol–water partition coefficient (Wildman–Crippen LogP) is 13.8. The van der Waals surface area contributed by atoms with Crippen LogP contribution in [0.25, 0.3) is 32.7 Å². The van der Waals surface area contributed by atoms with Crippen LogP contribution in [0, 0.1) is 0 Å². The molecule has 58 heavy (non-hydrogen) atoms. The minimum absolute atomic E-state index is 0. The molecule has 8 rings (SSSR count). The normalized spacial score (nSPS) is 14.5. The Morgan fingerprint density at radius 3 is 1.45 bits per heavy atom. The number of hydrogen-bond donors (Lipinski definition) is 0. The van der Waals surface area contributed by atoms with Gasteiger partial charge in [0, 0.05) is 0 Å². The van der Waals surface area contributed by atoms with E-state index in [1.54, 1.807) is 3.27 Å². The van der Waals surface area contributed by atoms with Gasteiger partial charge in [-0.15, -0.1) is 24.8 Å². The molecule has 0 N–H and O–H groups in total. The predicted molar refractivity (Wildman–Crippen MR) is 260 cm³/mol. The van der Waals surface area contributed by atoms with E-state index in [-0.39, 0.29) is 46.5 Å². The van der Waals surface area contributed by atoms with Gasteiger partial charge in [0.2, 0.25) is 0 Å². The van der Waals surface area contributed by atoms with E-state index in [4.69, 9.17) is 4.21 Å². The Hall–Kier alpha value is -3.35. The number of rotatable bonds is 4. The summed E-state index contributed by atoms with van der Waals surface area (Å²) in [5.41, 5.74) is 11.5. The Bertz CT molecular complexity index is 2630. The van der Waals surface area contributed by atoms with Crippen LogP contribution in [0.1, 0.15) is 123 Å². The molecule has 0 amide bonds. The molecular formula is C55H64Cl2Zr. The number of hydrogen-bond acceptors (Lipinski definition) is 0. The van der Waals surface area contributed by atoms with Crippen LogP contribution >= 0.6 is 24.8 Å². The van der Waals surface area contributed by atoms with E-state index >= 15 is 0 Å². The molecule has 0 aliphatic heterocycles. The Morgan fingerprint density at radius 1 is 0.517 bits per heavy atom. The molecule has 0 saturated carbocycles. The summed E-state index contributed by atoms with van der Waals surface area (Å²) in [6, 6.07) is 40.4. The van der Waals surface area contributed by atoms with E-state index in [1.807, 2.05) is 0 Å². The van der Waals surface area contributed by atoms with Crippen LogP contribution in [0.2, 0.25) is 0 Å². The summed E-state index contributed by atoms with van der Waals surface area (Å²) >= 11 is -5.40. The summed E-state index contributed by atoms with van der Waals surface area (Å²) in [6.07, 6.45) is 9.05. The van der Waals surface area contributed by atoms with Crippen LogP contribution in [0.5, 0.6) is 0 Å². The molecule has 6 aromatic rings. The maximum absolute atomic E-state index is 6.15. The van der Waals surface area contributed by atoms with Crippen LogP contribution in [0.15, 0.2) is 125 Å². The van der Waals surface area contributed by atoms with Crippen molar-refractivity contribution in [3.05, 3.63) is 158 Å². The van der Waals surface area contributed by atoms with Gasteiger partial charge in [0.05, 0.1) is 0 Å². The molecule has 2 aliphatic carbocycles. The molecular weight excluding hydrogens is 823 g/mol. The Balaban J connectivity index is 0.00000283. The zero-order chi connectivity index (χ0) is 40.2. The molecule has 3 heteroatoms. The molecule has 2 aliphatic rings. The fourth-order valence-corrected chi connectivity index (χ4v) is 29.0. The zero-order valence-corrected chi connectivity index (χ0v) is 41.1. The van der Waals surface area contributed by atoms with Gasteiger partial charge in [-0.1, -0.05) is 0 Å². The summed E-state index contributed by atoms with van der Waals surface area (Å²) in [5, 5.41) is 5.25. The molecule has 0 aromatic heterocycles. The van der Waals surface area contributed by atoms with Gasteiger partial charge in [-0.2, -0.15) is 0 Å². The van der Waals surface area contributed by atoms with Gasteiger partial charge in [-0.25, -0.2) is 0 Å². The van der Waals surface area contributed by atoms with Gasteiger partial charge in [-0.05, 0) is 0 Å². The van der Waals surface area contributed by atoms with Crippen molar-refractivity contribution in [3.8, 4) is 11.1 Å². The fraction of sp³-hybridized carbons (Fsp3) is 0.327. The molecule has 0 saturated heterocycles. The second-order valence-corrected chi connectivity index (χ2v) is 33.9. The summed E-state index contributed by atoms with van der Waals surface area (Å²) < 4.78 is 12.2. The topological polar surface area (TPSA) is 0 Å². The molecule has 0 radical (unpaired) electrons. The van der Waals surface area contributed by atoms with E-state index in [9.17, 15) is 0 Å². The van der Waals surface area contributed by atoms with Crippen LogP contribution in [-0.4, -0.2) is 4.21 Å². The van der Waals surface area contributed by atoms with E-state index in [0.717, 1.165) is 12.8 Å². The molecule has 302 valence electrons. The van der Waals surface area contributed by atoms with Crippen molar-refractivity contribution in [2.75, 3.05) is 0 Å². The maximum atomic E-state index is 6.15. The third-order valence-corrected chi connectivity index (χ3v) is 29.8. The molecule has 0 nitrogen and oxygen atoms in total. The average Bonchev–Trinajstić information content (AvgIpc) is 3.81. The summed E-state index contributed by atoms with van der Waals surface area (Å²) in [5.74, 6) is 0. The zero-order valence-electron chi connectivity index (χ0n) is 37.0. The number of allylic oxidation sites excluding steroid dienone is 4. The van der Waals surface area contributed by atoms with Crippen LogP contribution in [-0.2, 0) is 46.4 Å². The molecule has 0 spiro atoms. The third-order valence-electron chi connectivity index (χ3n) is 13.3. The van der Waals surface area contributed by atoms with Gasteiger partial charge < -0.3 is 0 Å². The summed E-state index contributed by atoms with van der Waals surface area (Å²) in [6.45, 7) is 29.1. The van der Waals surface area contributed by atoms with Crippen LogP contribution in [0.3, 0.4) is 0 Å². The van der Waals surface area contributed by atoms with Crippen molar-refractivity contribution in [2.24, 2.45) is 0 Å². The molecule has 6 aromatic carbocycles. The van der Waals surface area contributed by atoms with Crippen LogP contribution in [0.4, 0.5) is 0 Å². The molecule has 0 atom stereocenters. The monoisotopic (exact) mass is 884 g/mol. The molecule has 0 unspecified atom stereocenters. The van der Waals surface area contributed by atoms with Crippen molar-refractivity contribution < 1.29 is 18.3 Å². The van der Waals surface area contributed by atoms with Gasteiger partial charge in [-0.3, -0.25) is 0 Å². The van der Waals surface area contributed by atoms with Crippen molar-refractivity contribution in [2.45, 2.75) is 118 Å². The second-order valence-electron chi connectivity index (χ2n) is 21.3. The first-order valence-electron chi connectivity index (χ1n) is 20.9. The summed E-state index contributed by atoms with van der Waals surface area (Å²) in [4.78, 5) is 0. The second kappa shape index (κ2) is 14.7. The first-order valence-corrected chi connectivity index (χ1v) is 27.6. The quantitative estimate of drug-likeness (QED) is 0.165.